The van der Waals surface area contributed by atoms with Crippen LogP contribution < -0.4 is 4.90 Å². The smallest absolute Gasteiger partial charge is 0.154 e. The van der Waals surface area contributed by atoms with Crippen molar-refractivity contribution in [3.05, 3.63) is 36.9 Å². The quantitative estimate of drug-likeness (QED) is 0.744. The highest BCUT2D eigenvalue weighted by Gasteiger charge is 2.13. The molecule has 3 aromatic heterocycles. The van der Waals surface area contributed by atoms with Gasteiger partial charge < -0.3 is 9.88 Å². The van der Waals surface area contributed by atoms with E-state index in [1.54, 1.807) is 18.6 Å². The summed E-state index contributed by atoms with van der Waals surface area (Å²) in [7, 11) is 3.92. The van der Waals surface area contributed by atoms with Crippen LogP contribution in [0.25, 0.3) is 22.3 Å². The Balaban J connectivity index is 2.29. The van der Waals surface area contributed by atoms with Gasteiger partial charge in [0, 0.05) is 49.8 Å². The van der Waals surface area contributed by atoms with Gasteiger partial charge in [-0.15, -0.1) is 0 Å². The highest BCUT2D eigenvalue weighted by Crippen LogP contribution is 2.30. The summed E-state index contributed by atoms with van der Waals surface area (Å²) in [6.45, 7) is 0. The molecule has 0 atom stereocenters. The number of rotatable bonds is 2. The Bertz CT molecular complexity index is 686. The maximum absolute atomic E-state index is 4.45. The fraction of sp³-hybridized carbons (Fsp3) is 0.154. The average Bonchev–Trinajstić information content (AvgIpc) is 2.86. The number of pyridine rings is 1. The number of nitrogens with one attached hydrogen (secondary N) is 1. The minimum absolute atomic E-state index is 0.853. The van der Waals surface area contributed by atoms with Gasteiger partial charge >= 0.3 is 0 Å². The molecule has 1 N–H and O–H groups in total. The lowest BCUT2D eigenvalue weighted by atomic mass is 10.1. The van der Waals surface area contributed by atoms with Gasteiger partial charge in [-0.05, 0) is 12.1 Å². The van der Waals surface area contributed by atoms with Gasteiger partial charge in [0.1, 0.15) is 11.3 Å². The average molecular weight is 239 g/mol. The van der Waals surface area contributed by atoms with Crippen molar-refractivity contribution in [1.82, 2.24) is 19.9 Å². The van der Waals surface area contributed by atoms with Crippen molar-refractivity contribution in [1.29, 1.82) is 0 Å². The molecule has 0 aliphatic heterocycles. The summed E-state index contributed by atoms with van der Waals surface area (Å²) in [4.78, 5) is 18.2. The van der Waals surface area contributed by atoms with Crippen LogP contribution in [0.3, 0.4) is 0 Å². The van der Waals surface area contributed by atoms with Crippen molar-refractivity contribution in [2.75, 3.05) is 19.0 Å². The number of aromatic nitrogens is 4. The van der Waals surface area contributed by atoms with Crippen molar-refractivity contribution in [2.24, 2.45) is 0 Å². The number of hydrogen-bond acceptors (Lipinski definition) is 4. The summed E-state index contributed by atoms with van der Waals surface area (Å²) < 4.78 is 0. The van der Waals surface area contributed by atoms with Crippen LogP contribution in [-0.4, -0.2) is 34.0 Å². The maximum Gasteiger partial charge on any atom is 0.154 e. The minimum atomic E-state index is 0.853. The van der Waals surface area contributed by atoms with Crippen LogP contribution >= 0.6 is 0 Å². The highest BCUT2D eigenvalue weighted by atomic mass is 15.1. The van der Waals surface area contributed by atoms with Crippen LogP contribution in [0.1, 0.15) is 0 Å². The van der Waals surface area contributed by atoms with E-state index in [1.807, 2.05) is 37.3 Å². The summed E-state index contributed by atoms with van der Waals surface area (Å²) in [5.74, 6) is 0.853. The Morgan fingerprint density at radius 2 is 1.83 bits per heavy atom. The van der Waals surface area contributed by atoms with E-state index in [2.05, 4.69) is 19.9 Å². The zero-order valence-electron chi connectivity index (χ0n) is 10.3. The van der Waals surface area contributed by atoms with E-state index in [1.165, 1.54) is 0 Å². The Kier molecular flexibility index (Phi) is 2.44. The molecule has 0 bridgehead atoms. The fourth-order valence-electron chi connectivity index (χ4n) is 2.02. The van der Waals surface area contributed by atoms with E-state index in [4.69, 9.17) is 0 Å². The van der Waals surface area contributed by atoms with E-state index in [9.17, 15) is 0 Å². The molecule has 0 fully saturated rings. The van der Waals surface area contributed by atoms with Crippen LogP contribution in [0.5, 0.6) is 0 Å². The number of nitrogens with zero attached hydrogens (tertiary/aromatic N) is 4. The molecule has 0 amide bonds. The van der Waals surface area contributed by atoms with Gasteiger partial charge in [0.25, 0.3) is 0 Å². The number of H-pyrrole nitrogens is 1. The van der Waals surface area contributed by atoms with Crippen LogP contribution in [0.2, 0.25) is 0 Å². The van der Waals surface area contributed by atoms with Crippen molar-refractivity contribution >= 4 is 16.9 Å². The SMILES string of the molecule is CN(C)c1nccnc1-c1ccnc2[nH]ccc12. The molecule has 90 valence electrons. The van der Waals surface area contributed by atoms with Crippen LogP contribution in [0.4, 0.5) is 5.82 Å². The molecule has 18 heavy (non-hydrogen) atoms. The maximum atomic E-state index is 4.45. The second-order valence-electron chi connectivity index (χ2n) is 4.22. The molecule has 0 saturated heterocycles. The molecular weight excluding hydrogens is 226 g/mol. The second kappa shape index (κ2) is 4.10. The summed E-state index contributed by atoms with van der Waals surface area (Å²) in [5.41, 5.74) is 2.77. The first-order valence-corrected chi connectivity index (χ1v) is 5.68. The van der Waals surface area contributed by atoms with Crippen molar-refractivity contribution < 1.29 is 0 Å². The zero-order valence-corrected chi connectivity index (χ0v) is 10.3. The Labute approximate surface area is 105 Å². The molecule has 3 heterocycles. The molecule has 3 aromatic rings. The first-order chi connectivity index (χ1) is 8.77. The molecular formula is C13H13N5. The predicted octanol–water partition coefficient (Wildman–Crippen LogP) is 2.09. The van der Waals surface area contributed by atoms with Gasteiger partial charge in [-0.25, -0.2) is 9.97 Å². The molecule has 0 saturated carbocycles. The standard InChI is InChI=1S/C13H13N5/c1-18(2)13-11(14-7-8-17-13)9-3-5-15-12-10(9)4-6-16-12/h3-8H,1-2H3,(H,15,16). The van der Waals surface area contributed by atoms with Crippen molar-refractivity contribution in [3.8, 4) is 11.3 Å². The largest absolute Gasteiger partial charge is 0.361 e. The van der Waals surface area contributed by atoms with Crippen molar-refractivity contribution in [2.45, 2.75) is 0 Å². The molecule has 0 unspecified atom stereocenters. The molecule has 0 spiro atoms. The minimum Gasteiger partial charge on any atom is -0.361 e. The topological polar surface area (TPSA) is 57.7 Å². The van der Waals surface area contributed by atoms with Gasteiger partial charge in [0.05, 0.1) is 0 Å². The van der Waals surface area contributed by atoms with Gasteiger partial charge in [-0.2, -0.15) is 0 Å². The van der Waals surface area contributed by atoms with Gasteiger partial charge in [-0.1, -0.05) is 0 Å². The van der Waals surface area contributed by atoms with E-state index < -0.39 is 0 Å². The lowest BCUT2D eigenvalue weighted by Gasteiger charge is -2.15. The first kappa shape index (κ1) is 10.7. The monoisotopic (exact) mass is 239 g/mol. The summed E-state index contributed by atoms with van der Waals surface area (Å²) >= 11 is 0. The molecule has 0 aromatic carbocycles. The molecule has 0 radical (unpaired) electrons. The van der Waals surface area contributed by atoms with Gasteiger partial charge in [0.2, 0.25) is 0 Å². The van der Waals surface area contributed by atoms with E-state index in [0.717, 1.165) is 28.1 Å². The van der Waals surface area contributed by atoms with E-state index in [0.29, 0.717) is 0 Å². The number of aromatic amines is 1. The molecule has 5 nitrogen and oxygen atoms in total. The Morgan fingerprint density at radius 3 is 2.67 bits per heavy atom. The van der Waals surface area contributed by atoms with E-state index >= 15 is 0 Å². The van der Waals surface area contributed by atoms with Crippen LogP contribution in [0, 0.1) is 0 Å². The molecule has 5 heteroatoms. The summed E-state index contributed by atoms with van der Waals surface area (Å²) in [6, 6.07) is 3.97. The third kappa shape index (κ3) is 1.60. The number of anilines is 1. The first-order valence-electron chi connectivity index (χ1n) is 5.68. The highest BCUT2D eigenvalue weighted by molar-refractivity contribution is 5.94. The number of hydrogen-bond donors (Lipinski definition) is 1. The van der Waals surface area contributed by atoms with Crippen LogP contribution in [-0.2, 0) is 0 Å². The van der Waals surface area contributed by atoms with Crippen molar-refractivity contribution in [3.63, 3.8) is 0 Å². The predicted molar refractivity (Wildman–Crippen MR) is 71.4 cm³/mol. The van der Waals surface area contributed by atoms with Gasteiger partial charge in [-0.3, -0.25) is 4.98 Å². The lowest BCUT2D eigenvalue weighted by molar-refractivity contribution is 1.04. The Morgan fingerprint density at radius 1 is 1.00 bits per heavy atom. The lowest BCUT2D eigenvalue weighted by Crippen LogP contribution is -2.12. The molecule has 0 aliphatic carbocycles. The van der Waals surface area contributed by atoms with Gasteiger partial charge in [0.15, 0.2) is 5.82 Å². The third-order valence-corrected chi connectivity index (χ3v) is 2.82. The molecule has 0 aliphatic rings. The Hall–Kier alpha value is -2.43. The van der Waals surface area contributed by atoms with E-state index in [-0.39, 0.29) is 0 Å². The molecule has 3 rings (SSSR count). The number of fused-ring (bicyclic) bond motifs is 1. The normalized spacial score (nSPS) is 10.8. The third-order valence-electron chi connectivity index (χ3n) is 2.82. The van der Waals surface area contributed by atoms with Crippen LogP contribution in [0.15, 0.2) is 36.9 Å². The zero-order chi connectivity index (χ0) is 12.5. The fourth-order valence-corrected chi connectivity index (χ4v) is 2.02. The summed E-state index contributed by atoms with van der Waals surface area (Å²) in [5, 5.41) is 1.06. The summed E-state index contributed by atoms with van der Waals surface area (Å²) in [6.07, 6.45) is 7.07. The second-order valence-corrected chi connectivity index (χ2v) is 4.22.